The summed E-state index contributed by atoms with van der Waals surface area (Å²) in [6.45, 7) is 1.92. The van der Waals surface area contributed by atoms with Crippen molar-refractivity contribution in [1.82, 2.24) is 4.98 Å². The fourth-order valence-electron chi connectivity index (χ4n) is 2.63. The molecule has 0 radical (unpaired) electrons. The van der Waals surface area contributed by atoms with Crippen LogP contribution in [0.4, 0.5) is 5.82 Å². The molecule has 0 saturated heterocycles. The van der Waals surface area contributed by atoms with E-state index in [-0.39, 0.29) is 20.5 Å². The molecule has 0 aliphatic heterocycles. The highest BCUT2D eigenvalue weighted by atomic mass is 32.2. The number of hydrogen-bond donors (Lipinski definition) is 2. The van der Waals surface area contributed by atoms with E-state index in [0.29, 0.717) is 9.77 Å². The Hall–Kier alpha value is -2.36. The van der Waals surface area contributed by atoms with Gasteiger partial charge in [-0.25, -0.2) is 13.4 Å². The van der Waals surface area contributed by atoms with Crippen molar-refractivity contribution in [2.75, 3.05) is 12.0 Å². The molecule has 2 aromatic heterocycles. The van der Waals surface area contributed by atoms with Crippen LogP contribution in [0.25, 0.3) is 11.1 Å². The Morgan fingerprint density at radius 3 is 2.52 bits per heavy atom. The van der Waals surface area contributed by atoms with Gasteiger partial charge in [-0.2, -0.15) is 0 Å². The van der Waals surface area contributed by atoms with Crippen LogP contribution in [0, 0.1) is 6.92 Å². The summed E-state index contributed by atoms with van der Waals surface area (Å²) in [5.74, 6) is -0.413. The summed E-state index contributed by atoms with van der Waals surface area (Å²) >= 11 is 2.31. The largest absolute Gasteiger partial charge is 0.383 e. The molecule has 0 aliphatic carbocycles. The molecule has 0 spiro atoms. The van der Waals surface area contributed by atoms with Crippen LogP contribution in [0.1, 0.15) is 15.2 Å². The minimum atomic E-state index is -3.89. The average molecular weight is 420 g/mol. The SMILES string of the molecule is CSc1sc(C(N)=O)cc1S(=O)(=O)c1cnc(N)c(-c2ccccc2C)c1. The Bertz CT molecular complexity index is 1140. The van der Waals surface area contributed by atoms with Crippen LogP contribution in [0.15, 0.2) is 56.6 Å². The smallest absolute Gasteiger partial charge is 0.258 e. The van der Waals surface area contributed by atoms with Gasteiger partial charge in [-0.05, 0) is 36.4 Å². The summed E-state index contributed by atoms with van der Waals surface area (Å²) in [6.07, 6.45) is 2.98. The maximum Gasteiger partial charge on any atom is 0.258 e. The number of carbonyl (C=O) groups is 1. The van der Waals surface area contributed by atoms with E-state index >= 15 is 0 Å². The van der Waals surface area contributed by atoms with Crippen LogP contribution in [-0.4, -0.2) is 25.6 Å². The molecule has 0 unspecified atom stereocenters. The lowest BCUT2D eigenvalue weighted by atomic mass is 10.0. The first-order valence-electron chi connectivity index (χ1n) is 7.80. The predicted molar refractivity (Wildman–Crippen MR) is 109 cm³/mol. The number of primary amides is 1. The molecule has 2 heterocycles. The van der Waals surface area contributed by atoms with E-state index < -0.39 is 15.7 Å². The Labute approximate surface area is 165 Å². The number of rotatable bonds is 5. The quantitative estimate of drug-likeness (QED) is 0.613. The van der Waals surface area contributed by atoms with Gasteiger partial charge in [-0.1, -0.05) is 24.3 Å². The molecule has 27 heavy (non-hydrogen) atoms. The standard InChI is InChI=1S/C18H17N3O3S3/c1-10-5-3-4-6-12(10)13-7-11(9-21-16(13)19)27(23,24)15-8-14(17(20)22)26-18(15)25-2/h3-9H,1-2H3,(H2,19,21)(H2,20,22). The molecule has 0 saturated carbocycles. The second-order valence-corrected chi connectivity index (χ2v) is 9.80. The Morgan fingerprint density at radius 1 is 1.19 bits per heavy atom. The van der Waals surface area contributed by atoms with Crippen molar-refractivity contribution in [2.45, 2.75) is 20.9 Å². The van der Waals surface area contributed by atoms with Crippen LogP contribution in [0.3, 0.4) is 0 Å². The minimum Gasteiger partial charge on any atom is -0.383 e. The van der Waals surface area contributed by atoms with Crippen molar-refractivity contribution in [3.05, 3.63) is 53.0 Å². The minimum absolute atomic E-state index is 0.0130. The number of nitrogens with two attached hydrogens (primary N) is 2. The summed E-state index contributed by atoms with van der Waals surface area (Å²) in [7, 11) is -3.89. The fraction of sp³-hybridized carbons (Fsp3) is 0.111. The van der Waals surface area contributed by atoms with Crippen molar-refractivity contribution >= 4 is 44.7 Å². The van der Waals surface area contributed by atoms with Crippen molar-refractivity contribution in [2.24, 2.45) is 5.73 Å². The average Bonchev–Trinajstić information content (AvgIpc) is 3.08. The van der Waals surface area contributed by atoms with Crippen LogP contribution >= 0.6 is 23.1 Å². The molecule has 1 aromatic carbocycles. The number of anilines is 1. The number of thioether (sulfide) groups is 1. The molecule has 0 fully saturated rings. The second-order valence-electron chi connectivity index (χ2n) is 5.75. The number of benzene rings is 1. The number of pyridine rings is 1. The highest BCUT2D eigenvalue weighted by Gasteiger charge is 2.26. The molecule has 0 bridgehead atoms. The number of nitrogens with zero attached hydrogens (tertiary/aromatic N) is 1. The molecule has 0 aliphatic rings. The second kappa shape index (κ2) is 7.34. The molecule has 6 nitrogen and oxygen atoms in total. The van der Waals surface area contributed by atoms with E-state index in [9.17, 15) is 13.2 Å². The third-order valence-corrected chi connectivity index (χ3v) is 8.31. The van der Waals surface area contributed by atoms with Crippen LogP contribution in [0.5, 0.6) is 0 Å². The van der Waals surface area contributed by atoms with Gasteiger partial charge in [0.1, 0.15) is 5.82 Å². The first kappa shape index (κ1) is 19.4. The van der Waals surface area contributed by atoms with Gasteiger partial charge in [-0.15, -0.1) is 23.1 Å². The van der Waals surface area contributed by atoms with Gasteiger partial charge < -0.3 is 11.5 Å². The van der Waals surface area contributed by atoms with Crippen molar-refractivity contribution < 1.29 is 13.2 Å². The van der Waals surface area contributed by atoms with Crippen molar-refractivity contribution in [1.29, 1.82) is 0 Å². The zero-order valence-electron chi connectivity index (χ0n) is 14.6. The van der Waals surface area contributed by atoms with E-state index in [1.54, 1.807) is 6.26 Å². The molecular formula is C18H17N3O3S3. The van der Waals surface area contributed by atoms with Crippen molar-refractivity contribution in [3.8, 4) is 11.1 Å². The zero-order chi connectivity index (χ0) is 19.8. The Morgan fingerprint density at radius 2 is 1.89 bits per heavy atom. The molecule has 4 N–H and O–H groups in total. The molecule has 1 amide bonds. The number of carbonyl (C=O) groups excluding carboxylic acids is 1. The van der Waals surface area contributed by atoms with E-state index in [1.807, 2.05) is 31.2 Å². The number of aryl methyl sites for hydroxylation is 1. The van der Waals surface area contributed by atoms with Gasteiger partial charge in [0.05, 0.1) is 18.9 Å². The molecule has 9 heteroatoms. The lowest BCUT2D eigenvalue weighted by Gasteiger charge is -2.11. The number of amides is 1. The molecule has 3 rings (SSSR count). The summed E-state index contributed by atoms with van der Waals surface area (Å²) < 4.78 is 26.9. The van der Waals surface area contributed by atoms with Crippen LogP contribution in [0.2, 0.25) is 0 Å². The normalized spacial score (nSPS) is 11.5. The lowest BCUT2D eigenvalue weighted by Crippen LogP contribution is -2.09. The summed E-state index contributed by atoms with van der Waals surface area (Å²) in [4.78, 5) is 15.8. The van der Waals surface area contributed by atoms with E-state index in [4.69, 9.17) is 11.5 Å². The van der Waals surface area contributed by atoms with E-state index in [2.05, 4.69) is 4.98 Å². The number of sulfone groups is 1. The van der Waals surface area contributed by atoms with E-state index in [0.717, 1.165) is 22.5 Å². The van der Waals surface area contributed by atoms with Crippen molar-refractivity contribution in [3.63, 3.8) is 0 Å². The fourth-order valence-corrected chi connectivity index (χ4v) is 6.45. The predicted octanol–water partition coefficient (Wildman–Crippen LogP) is 3.35. The van der Waals surface area contributed by atoms with Gasteiger partial charge in [-0.3, -0.25) is 4.79 Å². The summed E-state index contributed by atoms with van der Waals surface area (Å²) in [5, 5.41) is 0. The maximum absolute atomic E-state index is 13.2. The highest BCUT2D eigenvalue weighted by Crippen LogP contribution is 2.38. The van der Waals surface area contributed by atoms with Crippen LogP contribution in [-0.2, 0) is 9.84 Å². The number of thiophene rings is 1. The summed E-state index contributed by atoms with van der Waals surface area (Å²) in [6, 6.07) is 10.4. The number of nitrogen functional groups attached to an aromatic ring is 1. The maximum atomic E-state index is 13.2. The third kappa shape index (κ3) is 3.58. The van der Waals surface area contributed by atoms with Crippen LogP contribution < -0.4 is 11.5 Å². The van der Waals surface area contributed by atoms with Gasteiger partial charge >= 0.3 is 0 Å². The van der Waals surface area contributed by atoms with Gasteiger partial charge in [0.15, 0.2) is 0 Å². The molecule has 0 atom stereocenters. The number of aromatic nitrogens is 1. The van der Waals surface area contributed by atoms with Gasteiger partial charge in [0.2, 0.25) is 9.84 Å². The Balaban J connectivity index is 2.18. The zero-order valence-corrected chi connectivity index (χ0v) is 17.0. The Kier molecular flexibility index (Phi) is 5.27. The lowest BCUT2D eigenvalue weighted by molar-refractivity contribution is 0.100. The first-order chi connectivity index (χ1) is 12.8. The van der Waals surface area contributed by atoms with Gasteiger partial charge in [0, 0.05) is 11.8 Å². The number of hydrogen-bond acceptors (Lipinski definition) is 7. The topological polar surface area (TPSA) is 116 Å². The molecule has 140 valence electrons. The van der Waals surface area contributed by atoms with E-state index in [1.165, 1.54) is 30.1 Å². The van der Waals surface area contributed by atoms with Gasteiger partial charge in [0.25, 0.3) is 5.91 Å². The monoisotopic (exact) mass is 419 g/mol. The molecule has 3 aromatic rings. The first-order valence-corrected chi connectivity index (χ1v) is 11.3. The highest BCUT2D eigenvalue weighted by molar-refractivity contribution is 8.01. The molecular weight excluding hydrogens is 402 g/mol. The summed E-state index contributed by atoms with van der Waals surface area (Å²) in [5.41, 5.74) is 13.6. The third-order valence-electron chi connectivity index (χ3n) is 4.02.